The highest BCUT2D eigenvalue weighted by molar-refractivity contribution is 5.07. The number of aliphatic hydroxyl groups is 3. The molecule has 1 aliphatic heterocycles. The molecule has 2 heterocycles. The molecule has 0 bridgehead atoms. The second kappa shape index (κ2) is 4.77. The molecule has 2 rings (SSSR count). The van der Waals surface area contributed by atoms with Gasteiger partial charge in [0, 0.05) is 12.3 Å². The zero-order chi connectivity index (χ0) is 15.1. The van der Waals surface area contributed by atoms with E-state index in [0.717, 1.165) is 16.8 Å². The van der Waals surface area contributed by atoms with E-state index >= 15 is 0 Å². The summed E-state index contributed by atoms with van der Waals surface area (Å²) in [5.41, 5.74) is -5.39. The first kappa shape index (κ1) is 14.9. The van der Waals surface area contributed by atoms with Gasteiger partial charge >= 0.3 is 5.69 Å². The Labute approximate surface area is 112 Å². The third kappa shape index (κ3) is 1.90. The van der Waals surface area contributed by atoms with E-state index < -0.39 is 48.1 Å². The van der Waals surface area contributed by atoms with Gasteiger partial charge in [0.05, 0.1) is 6.61 Å². The maximum Gasteiger partial charge on any atom is 0.330 e. The number of ether oxygens (including phenoxy) is 1. The average Bonchev–Trinajstić information content (AvgIpc) is 2.61. The highest BCUT2D eigenvalue weighted by Crippen LogP contribution is 2.41. The fraction of sp³-hybridized carbons (Fsp3) is 0.636. The largest absolute Gasteiger partial charge is 0.393 e. The normalized spacial score (nSPS) is 37.2. The smallest absolute Gasteiger partial charge is 0.330 e. The highest BCUT2D eigenvalue weighted by atomic mass is 19.1. The van der Waals surface area contributed by atoms with E-state index in [-0.39, 0.29) is 0 Å². The van der Waals surface area contributed by atoms with Crippen LogP contribution in [0, 0.1) is 0 Å². The molecule has 1 aromatic heterocycles. The van der Waals surface area contributed by atoms with Gasteiger partial charge in [0.15, 0.2) is 11.3 Å². The van der Waals surface area contributed by atoms with Crippen molar-refractivity contribution in [3.63, 3.8) is 0 Å². The molecule has 0 saturated carbocycles. The molecule has 20 heavy (non-hydrogen) atoms. The summed E-state index contributed by atoms with van der Waals surface area (Å²) in [4.78, 5) is 24.7. The first-order valence-electron chi connectivity index (χ1n) is 5.86. The van der Waals surface area contributed by atoms with Crippen LogP contribution in [-0.4, -0.2) is 56.0 Å². The fourth-order valence-corrected chi connectivity index (χ4v) is 2.35. The second-order valence-corrected chi connectivity index (χ2v) is 4.88. The zero-order valence-electron chi connectivity index (χ0n) is 10.6. The Morgan fingerprint density at radius 2 is 2.10 bits per heavy atom. The van der Waals surface area contributed by atoms with Crippen molar-refractivity contribution in [3.05, 3.63) is 33.1 Å². The summed E-state index contributed by atoms with van der Waals surface area (Å²) >= 11 is 0. The predicted octanol–water partition coefficient (Wildman–Crippen LogP) is -2.34. The van der Waals surface area contributed by atoms with Crippen molar-refractivity contribution < 1.29 is 24.4 Å². The zero-order valence-corrected chi connectivity index (χ0v) is 10.6. The summed E-state index contributed by atoms with van der Waals surface area (Å²) in [6.45, 7) is -0.890. The molecule has 0 radical (unpaired) electrons. The number of nitrogens with one attached hydrogen (secondary N) is 1. The fourth-order valence-electron chi connectivity index (χ4n) is 2.35. The lowest BCUT2D eigenvalue weighted by Gasteiger charge is -2.31. The van der Waals surface area contributed by atoms with Gasteiger partial charge in [-0.1, -0.05) is 0 Å². The monoisotopic (exact) mass is 290 g/mol. The summed E-state index contributed by atoms with van der Waals surface area (Å²) in [5, 5.41) is 29.2. The number of rotatable bonds is 3. The maximum absolute atomic E-state index is 13.1. The van der Waals surface area contributed by atoms with Gasteiger partial charge in [-0.15, -0.1) is 0 Å². The SMILES string of the molecule is C[C@@]1(n2ccc(=O)[nH]c2=O)O[C@@](CO)(CF)[C@@H](O)[C@H]1O. The van der Waals surface area contributed by atoms with E-state index in [9.17, 15) is 29.3 Å². The van der Waals surface area contributed by atoms with Crippen molar-refractivity contribution in [3.8, 4) is 0 Å². The minimum Gasteiger partial charge on any atom is -0.393 e. The van der Waals surface area contributed by atoms with Gasteiger partial charge in [0.25, 0.3) is 5.56 Å². The van der Waals surface area contributed by atoms with Crippen LogP contribution in [0.25, 0.3) is 0 Å². The first-order chi connectivity index (χ1) is 9.30. The molecule has 1 fully saturated rings. The van der Waals surface area contributed by atoms with E-state index in [0.29, 0.717) is 0 Å². The number of hydrogen-bond donors (Lipinski definition) is 4. The lowest BCUT2D eigenvalue weighted by atomic mass is 9.95. The molecule has 9 heteroatoms. The minimum atomic E-state index is -2.02. The van der Waals surface area contributed by atoms with Crippen molar-refractivity contribution in [2.24, 2.45) is 0 Å². The molecule has 1 aliphatic rings. The molecule has 0 aliphatic carbocycles. The number of alkyl halides is 1. The average molecular weight is 290 g/mol. The Morgan fingerprint density at radius 3 is 2.55 bits per heavy atom. The topological polar surface area (TPSA) is 125 Å². The molecule has 8 nitrogen and oxygen atoms in total. The highest BCUT2D eigenvalue weighted by Gasteiger charge is 2.61. The Hall–Kier alpha value is -1.55. The van der Waals surface area contributed by atoms with Crippen LogP contribution in [0.15, 0.2) is 21.9 Å². The number of nitrogens with zero attached hydrogens (tertiary/aromatic N) is 1. The molecular formula is C11H15FN2O6. The molecule has 0 amide bonds. The van der Waals surface area contributed by atoms with Crippen molar-refractivity contribution >= 4 is 0 Å². The summed E-state index contributed by atoms with van der Waals surface area (Å²) in [7, 11) is 0. The van der Waals surface area contributed by atoms with Crippen molar-refractivity contribution in [1.82, 2.24) is 9.55 Å². The Kier molecular flexibility index (Phi) is 3.54. The summed E-state index contributed by atoms with van der Waals surface area (Å²) in [6, 6.07) is 1.02. The Balaban J connectivity index is 2.55. The van der Waals surface area contributed by atoms with E-state index in [1.165, 1.54) is 6.92 Å². The molecule has 1 aromatic rings. The number of aromatic amines is 1. The maximum atomic E-state index is 13.1. The van der Waals surface area contributed by atoms with Gasteiger partial charge in [-0.05, 0) is 6.92 Å². The summed E-state index contributed by atoms with van der Waals surface area (Å²) in [5.74, 6) is 0. The van der Waals surface area contributed by atoms with Crippen LogP contribution in [0.1, 0.15) is 6.92 Å². The minimum absolute atomic E-state index is 0.651. The third-order valence-electron chi connectivity index (χ3n) is 3.59. The molecule has 4 atom stereocenters. The standard InChI is InChI=1S/C11H15FN2O6/c1-10(14-3-2-6(16)13-9(14)19)7(17)8(18)11(4-12,5-15)20-10/h2-3,7-8,15,17-18H,4-5H2,1H3,(H,13,16,19)/t7-,8+,10-,11-/m1/s1. The van der Waals surface area contributed by atoms with Crippen molar-refractivity contribution in [2.75, 3.05) is 13.3 Å². The van der Waals surface area contributed by atoms with Gasteiger partial charge in [-0.2, -0.15) is 0 Å². The van der Waals surface area contributed by atoms with Crippen LogP contribution in [-0.2, 0) is 10.5 Å². The molecule has 0 unspecified atom stereocenters. The van der Waals surface area contributed by atoms with Gasteiger partial charge in [-0.25, -0.2) is 9.18 Å². The lowest BCUT2D eigenvalue weighted by molar-refractivity contribution is -0.187. The van der Waals surface area contributed by atoms with Crippen LogP contribution in [0.3, 0.4) is 0 Å². The van der Waals surface area contributed by atoms with E-state index in [4.69, 9.17) is 4.74 Å². The van der Waals surface area contributed by atoms with Crippen molar-refractivity contribution in [1.29, 1.82) is 0 Å². The number of hydrogen-bond acceptors (Lipinski definition) is 6. The molecule has 0 spiro atoms. The first-order valence-corrected chi connectivity index (χ1v) is 5.86. The molecule has 0 aromatic carbocycles. The number of aromatic nitrogens is 2. The lowest BCUT2D eigenvalue weighted by Crippen LogP contribution is -2.49. The van der Waals surface area contributed by atoms with E-state index in [1.807, 2.05) is 4.98 Å². The number of halogens is 1. The van der Waals surface area contributed by atoms with Gasteiger partial charge in [0.1, 0.15) is 18.9 Å². The second-order valence-electron chi connectivity index (χ2n) is 4.88. The summed E-state index contributed by atoms with van der Waals surface area (Å²) < 4.78 is 19.2. The van der Waals surface area contributed by atoms with Gasteiger partial charge in [0.2, 0.25) is 0 Å². The molecular weight excluding hydrogens is 275 g/mol. The summed E-state index contributed by atoms with van der Waals surface area (Å²) in [6.07, 6.45) is -2.35. The van der Waals surface area contributed by atoms with Crippen molar-refractivity contribution in [2.45, 2.75) is 30.5 Å². The van der Waals surface area contributed by atoms with Crippen LogP contribution < -0.4 is 11.2 Å². The number of H-pyrrole nitrogens is 1. The predicted molar refractivity (Wildman–Crippen MR) is 63.9 cm³/mol. The molecule has 4 N–H and O–H groups in total. The van der Waals surface area contributed by atoms with Gasteiger partial charge < -0.3 is 20.1 Å². The van der Waals surface area contributed by atoms with E-state index in [2.05, 4.69) is 0 Å². The quantitative estimate of drug-likeness (QED) is 0.494. The van der Waals surface area contributed by atoms with Crippen LogP contribution in [0.5, 0.6) is 0 Å². The van der Waals surface area contributed by atoms with Crippen LogP contribution >= 0.6 is 0 Å². The van der Waals surface area contributed by atoms with Crippen LogP contribution in [0.2, 0.25) is 0 Å². The number of aliphatic hydroxyl groups excluding tert-OH is 3. The Bertz CT molecular complexity index is 609. The molecule has 1 saturated heterocycles. The van der Waals surface area contributed by atoms with Crippen LogP contribution in [0.4, 0.5) is 4.39 Å². The van der Waals surface area contributed by atoms with Gasteiger partial charge in [-0.3, -0.25) is 14.3 Å². The third-order valence-corrected chi connectivity index (χ3v) is 3.59. The Morgan fingerprint density at radius 1 is 1.45 bits per heavy atom. The van der Waals surface area contributed by atoms with E-state index in [1.54, 1.807) is 0 Å². The molecule has 112 valence electrons.